The first-order valence-electron chi connectivity index (χ1n) is 5.37. The fourth-order valence-electron chi connectivity index (χ4n) is 1.16. The van der Waals surface area contributed by atoms with Crippen molar-refractivity contribution in [1.82, 2.24) is 15.2 Å². The number of nitrogens with zero attached hydrogens (tertiary/aromatic N) is 3. The van der Waals surface area contributed by atoms with Crippen molar-refractivity contribution in [2.24, 2.45) is 4.99 Å². The summed E-state index contributed by atoms with van der Waals surface area (Å²) in [5.41, 5.74) is 0. The molecule has 1 aliphatic rings. The van der Waals surface area contributed by atoms with E-state index in [-0.39, 0.29) is 0 Å². The smallest absolute Gasteiger partial charge is 0.169 e. The highest BCUT2D eigenvalue weighted by atomic mass is 16.5. The molecule has 15 heavy (non-hydrogen) atoms. The van der Waals surface area contributed by atoms with Crippen LogP contribution in [-0.2, 0) is 11.2 Å². The Morgan fingerprint density at radius 1 is 1.47 bits per heavy atom. The summed E-state index contributed by atoms with van der Waals surface area (Å²) in [6, 6.07) is 0. The van der Waals surface area contributed by atoms with Crippen LogP contribution in [0.5, 0.6) is 0 Å². The fraction of sp³-hybridized carbons (Fsp3) is 0.700. The lowest BCUT2D eigenvalue weighted by Crippen LogP contribution is -1.87. The van der Waals surface area contributed by atoms with E-state index in [0.29, 0.717) is 0 Å². The van der Waals surface area contributed by atoms with Gasteiger partial charge < -0.3 is 4.74 Å². The van der Waals surface area contributed by atoms with Gasteiger partial charge in [0.2, 0.25) is 0 Å². The minimum absolute atomic E-state index is 0.778. The number of H-pyrrole nitrogens is 1. The van der Waals surface area contributed by atoms with Gasteiger partial charge in [-0.05, 0) is 6.42 Å². The topological polar surface area (TPSA) is 63.2 Å². The third-order valence-corrected chi connectivity index (χ3v) is 1.97. The van der Waals surface area contributed by atoms with Gasteiger partial charge in [0.1, 0.15) is 18.8 Å². The standard InChI is InChI=1S/C7H13N3.C3H5NO/c1-2-3-4-5-7-8-6-9-10-7;1-2-5-3-4-1/h6H,2-5H2,1H3,(H,8,9,10);3H,1-2H2. The monoisotopic (exact) mass is 210 g/mol. The highest BCUT2D eigenvalue weighted by molar-refractivity contribution is 5.47. The zero-order valence-electron chi connectivity index (χ0n) is 9.15. The van der Waals surface area contributed by atoms with Crippen molar-refractivity contribution in [3.8, 4) is 0 Å². The second-order valence-corrected chi connectivity index (χ2v) is 3.27. The molecule has 1 aromatic rings. The normalized spacial score (nSPS) is 13.1. The van der Waals surface area contributed by atoms with Gasteiger partial charge in [0.15, 0.2) is 6.40 Å². The molecule has 1 aromatic heterocycles. The second-order valence-electron chi connectivity index (χ2n) is 3.27. The molecule has 0 saturated heterocycles. The third kappa shape index (κ3) is 5.83. The average molecular weight is 210 g/mol. The average Bonchev–Trinajstić information content (AvgIpc) is 2.94. The van der Waals surface area contributed by atoms with E-state index in [1.165, 1.54) is 25.7 Å². The van der Waals surface area contributed by atoms with E-state index in [4.69, 9.17) is 0 Å². The van der Waals surface area contributed by atoms with E-state index in [0.717, 1.165) is 25.4 Å². The van der Waals surface area contributed by atoms with Gasteiger partial charge in [-0.1, -0.05) is 19.8 Å². The highest BCUT2D eigenvalue weighted by Gasteiger charge is 1.92. The summed E-state index contributed by atoms with van der Waals surface area (Å²) in [6.07, 6.45) is 7.83. The quantitative estimate of drug-likeness (QED) is 0.767. The van der Waals surface area contributed by atoms with Crippen LogP contribution in [-0.4, -0.2) is 34.7 Å². The number of rotatable bonds is 4. The number of nitrogens with one attached hydrogen (secondary N) is 1. The van der Waals surface area contributed by atoms with Crippen LogP contribution < -0.4 is 0 Å². The van der Waals surface area contributed by atoms with Crippen molar-refractivity contribution in [3.05, 3.63) is 12.2 Å². The van der Waals surface area contributed by atoms with Crippen molar-refractivity contribution >= 4 is 6.40 Å². The zero-order valence-corrected chi connectivity index (χ0v) is 9.15. The molecule has 0 unspecified atom stereocenters. The summed E-state index contributed by atoms with van der Waals surface area (Å²) >= 11 is 0. The summed E-state index contributed by atoms with van der Waals surface area (Å²) < 4.78 is 4.65. The lowest BCUT2D eigenvalue weighted by atomic mass is 10.2. The van der Waals surface area contributed by atoms with Gasteiger partial charge in [0.05, 0.1) is 6.54 Å². The maximum Gasteiger partial charge on any atom is 0.169 e. The molecule has 0 bridgehead atoms. The van der Waals surface area contributed by atoms with E-state index in [1.54, 1.807) is 6.33 Å². The number of aromatic nitrogens is 3. The predicted molar refractivity (Wildman–Crippen MR) is 58.9 cm³/mol. The molecule has 5 nitrogen and oxygen atoms in total. The van der Waals surface area contributed by atoms with Gasteiger partial charge in [-0.15, -0.1) is 0 Å². The Labute approximate surface area is 90.0 Å². The van der Waals surface area contributed by atoms with Crippen LogP contribution in [0.15, 0.2) is 11.3 Å². The molecule has 0 atom stereocenters. The number of hydrogen-bond donors (Lipinski definition) is 1. The summed E-state index contributed by atoms with van der Waals surface area (Å²) in [5, 5.41) is 6.60. The Balaban J connectivity index is 0.000000187. The molecule has 0 amide bonds. The van der Waals surface area contributed by atoms with Crippen molar-refractivity contribution in [3.63, 3.8) is 0 Å². The number of ether oxygens (including phenoxy) is 1. The summed E-state index contributed by atoms with van der Waals surface area (Å²) in [5.74, 6) is 1.01. The molecule has 0 spiro atoms. The molecule has 5 heteroatoms. The minimum Gasteiger partial charge on any atom is -0.482 e. The van der Waals surface area contributed by atoms with E-state index >= 15 is 0 Å². The van der Waals surface area contributed by atoms with Crippen LogP contribution in [0.1, 0.15) is 32.0 Å². The first-order valence-corrected chi connectivity index (χ1v) is 5.37. The molecular formula is C10H18N4O. The largest absolute Gasteiger partial charge is 0.482 e. The van der Waals surface area contributed by atoms with Crippen LogP contribution >= 0.6 is 0 Å². The molecule has 0 aromatic carbocycles. The van der Waals surface area contributed by atoms with Gasteiger partial charge in [0, 0.05) is 6.42 Å². The third-order valence-electron chi connectivity index (χ3n) is 1.97. The summed E-state index contributed by atoms with van der Waals surface area (Å²) in [7, 11) is 0. The number of aryl methyl sites for hydroxylation is 1. The highest BCUT2D eigenvalue weighted by Crippen LogP contribution is 1.99. The Morgan fingerprint density at radius 3 is 2.87 bits per heavy atom. The van der Waals surface area contributed by atoms with E-state index in [1.807, 2.05) is 0 Å². The minimum atomic E-state index is 0.778. The van der Waals surface area contributed by atoms with Crippen LogP contribution in [0.4, 0.5) is 0 Å². The number of aliphatic imine (C=N–C) groups is 1. The Morgan fingerprint density at radius 2 is 2.40 bits per heavy atom. The lowest BCUT2D eigenvalue weighted by Gasteiger charge is -1.92. The maximum absolute atomic E-state index is 4.65. The number of hydrogen-bond acceptors (Lipinski definition) is 4. The van der Waals surface area contributed by atoms with E-state index in [2.05, 4.69) is 31.8 Å². The van der Waals surface area contributed by atoms with Gasteiger partial charge in [-0.3, -0.25) is 10.1 Å². The first kappa shape index (κ1) is 11.7. The van der Waals surface area contributed by atoms with Gasteiger partial charge in [0.25, 0.3) is 0 Å². The summed E-state index contributed by atoms with van der Waals surface area (Å²) in [6.45, 7) is 3.82. The fourth-order valence-corrected chi connectivity index (χ4v) is 1.16. The molecule has 0 saturated carbocycles. The predicted octanol–water partition coefficient (Wildman–Crippen LogP) is 1.58. The van der Waals surface area contributed by atoms with Crippen molar-refractivity contribution in [1.29, 1.82) is 0 Å². The summed E-state index contributed by atoms with van der Waals surface area (Å²) in [4.78, 5) is 7.76. The molecule has 0 radical (unpaired) electrons. The van der Waals surface area contributed by atoms with E-state index in [9.17, 15) is 0 Å². The number of aromatic amines is 1. The molecule has 2 heterocycles. The lowest BCUT2D eigenvalue weighted by molar-refractivity contribution is 0.361. The number of unbranched alkanes of at least 4 members (excludes halogenated alkanes) is 2. The second kappa shape index (κ2) is 7.96. The molecule has 0 aliphatic carbocycles. The Bertz CT molecular complexity index is 252. The van der Waals surface area contributed by atoms with Crippen molar-refractivity contribution in [2.75, 3.05) is 13.2 Å². The Kier molecular flexibility index (Phi) is 6.20. The van der Waals surface area contributed by atoms with E-state index < -0.39 is 0 Å². The van der Waals surface area contributed by atoms with Crippen LogP contribution in [0.3, 0.4) is 0 Å². The van der Waals surface area contributed by atoms with Gasteiger partial charge in [-0.25, -0.2) is 4.98 Å². The Hall–Kier alpha value is -1.39. The molecule has 1 aliphatic heterocycles. The maximum atomic E-state index is 4.65. The van der Waals surface area contributed by atoms with Crippen molar-refractivity contribution < 1.29 is 4.74 Å². The molecule has 1 N–H and O–H groups in total. The van der Waals surface area contributed by atoms with Crippen LogP contribution in [0, 0.1) is 0 Å². The zero-order chi connectivity index (χ0) is 10.8. The van der Waals surface area contributed by atoms with Crippen LogP contribution in [0.2, 0.25) is 0 Å². The molecule has 2 rings (SSSR count). The van der Waals surface area contributed by atoms with Gasteiger partial charge in [-0.2, -0.15) is 5.10 Å². The first-order chi connectivity index (χ1) is 7.43. The molecule has 84 valence electrons. The van der Waals surface area contributed by atoms with Crippen molar-refractivity contribution in [2.45, 2.75) is 32.6 Å². The SMILES string of the molecule is C1=NCCO1.CCCCCc1ncn[nH]1. The molecule has 0 fully saturated rings. The van der Waals surface area contributed by atoms with Crippen LogP contribution in [0.25, 0.3) is 0 Å². The van der Waals surface area contributed by atoms with Gasteiger partial charge >= 0.3 is 0 Å². The molecular weight excluding hydrogens is 192 g/mol.